The van der Waals surface area contributed by atoms with E-state index in [-0.39, 0.29) is 19.3 Å². The van der Waals surface area contributed by atoms with E-state index in [9.17, 15) is 9.46 Å². The number of ether oxygens (including phenoxy) is 2. The average Bonchev–Trinajstić information content (AvgIpc) is 3.00. The minimum absolute atomic E-state index is 0.00476. The second-order valence-corrected chi connectivity index (χ2v) is 16.1. The Kier molecular flexibility index (Phi) is 33.5. The molecule has 0 aromatic heterocycles. The van der Waals surface area contributed by atoms with E-state index in [2.05, 4.69) is 13.8 Å². The van der Waals surface area contributed by atoms with Gasteiger partial charge in [0, 0.05) is 13.2 Å². The van der Waals surface area contributed by atoms with Crippen molar-refractivity contribution in [2.75, 3.05) is 60.7 Å². The van der Waals surface area contributed by atoms with Crippen LogP contribution in [0, 0.1) is 0 Å². The summed E-state index contributed by atoms with van der Waals surface area (Å²) >= 11 is 0. The van der Waals surface area contributed by atoms with E-state index in [1.165, 1.54) is 148 Å². The number of phosphoric ester groups is 1. The van der Waals surface area contributed by atoms with Gasteiger partial charge in [-0.3, -0.25) is 9.05 Å². The number of phosphoric acid groups is 1. The standard InChI is InChI=1S/C38H80NO6P/c1-6-8-10-12-14-16-18-20-22-24-26-28-30-33-42-36-38(37-45-46(40,41)44-35-32-39(3,4)5)43-34-31-29-27-25-23-21-19-17-15-13-11-9-7-2/h38H,6-37H2,1-5H3/p+1/t38-/m1/s1. The molecule has 0 rings (SSSR count). The number of rotatable bonds is 38. The first-order valence-electron chi connectivity index (χ1n) is 19.8. The van der Waals surface area contributed by atoms with E-state index in [1.807, 2.05) is 21.1 Å². The molecule has 0 radical (unpaired) electrons. The Bertz CT molecular complexity index is 660. The Morgan fingerprint density at radius 3 is 1.26 bits per heavy atom. The molecule has 46 heavy (non-hydrogen) atoms. The van der Waals surface area contributed by atoms with Crippen molar-refractivity contribution in [1.29, 1.82) is 0 Å². The van der Waals surface area contributed by atoms with E-state index in [0.717, 1.165) is 19.3 Å². The first-order chi connectivity index (χ1) is 22.2. The fourth-order valence-electron chi connectivity index (χ4n) is 5.60. The zero-order chi connectivity index (χ0) is 34.0. The normalized spacial score (nSPS) is 14.1. The molecule has 0 bridgehead atoms. The van der Waals surface area contributed by atoms with Crippen molar-refractivity contribution in [2.24, 2.45) is 0 Å². The van der Waals surface area contributed by atoms with Crippen LogP contribution in [0.2, 0.25) is 0 Å². The number of quaternary nitrogens is 1. The molecule has 0 aliphatic rings. The largest absolute Gasteiger partial charge is 0.472 e. The molecular formula is C38H81NO6P+. The Labute approximate surface area is 287 Å². The summed E-state index contributed by atoms with van der Waals surface area (Å²) in [5, 5.41) is 0. The summed E-state index contributed by atoms with van der Waals surface area (Å²) in [7, 11) is 1.92. The number of unbranched alkanes of at least 4 members (excludes halogenated alkanes) is 24. The SMILES string of the molecule is CCCCCCCCCCCCCCCOC[C@H](COP(=O)(O)OCC[N+](C)(C)C)OCCCCCCCCCCCCCCC. The van der Waals surface area contributed by atoms with Crippen LogP contribution in [-0.2, 0) is 23.1 Å². The summed E-state index contributed by atoms with van der Waals surface area (Å²) in [6, 6.07) is 0. The van der Waals surface area contributed by atoms with Crippen molar-refractivity contribution in [3.63, 3.8) is 0 Å². The molecule has 0 amide bonds. The third-order valence-electron chi connectivity index (χ3n) is 8.74. The maximum atomic E-state index is 12.4. The van der Waals surface area contributed by atoms with Crippen LogP contribution < -0.4 is 0 Å². The van der Waals surface area contributed by atoms with Crippen molar-refractivity contribution in [3.05, 3.63) is 0 Å². The molecule has 0 aliphatic heterocycles. The maximum Gasteiger partial charge on any atom is 0.472 e. The lowest BCUT2D eigenvalue weighted by Crippen LogP contribution is -2.37. The summed E-state index contributed by atoms with van der Waals surface area (Å²) in [5.74, 6) is 0. The predicted octanol–water partition coefficient (Wildman–Crippen LogP) is 11.4. The molecule has 0 saturated heterocycles. The lowest BCUT2D eigenvalue weighted by molar-refractivity contribution is -0.870. The van der Waals surface area contributed by atoms with E-state index in [1.54, 1.807) is 0 Å². The first-order valence-corrected chi connectivity index (χ1v) is 21.3. The zero-order valence-corrected chi connectivity index (χ0v) is 32.5. The Hall–Kier alpha value is -0.0100. The molecule has 0 heterocycles. The first kappa shape index (κ1) is 46.0. The van der Waals surface area contributed by atoms with Crippen molar-refractivity contribution in [2.45, 2.75) is 187 Å². The van der Waals surface area contributed by atoms with Gasteiger partial charge < -0.3 is 18.9 Å². The van der Waals surface area contributed by atoms with Crippen LogP contribution in [0.5, 0.6) is 0 Å². The molecule has 278 valence electrons. The van der Waals surface area contributed by atoms with Crippen molar-refractivity contribution >= 4 is 7.82 Å². The van der Waals surface area contributed by atoms with E-state index in [0.29, 0.717) is 30.8 Å². The highest BCUT2D eigenvalue weighted by Crippen LogP contribution is 2.43. The highest BCUT2D eigenvalue weighted by Gasteiger charge is 2.25. The van der Waals surface area contributed by atoms with Gasteiger partial charge in [0.05, 0.1) is 34.4 Å². The third kappa shape index (κ3) is 36.8. The predicted molar refractivity (Wildman–Crippen MR) is 197 cm³/mol. The average molecular weight is 679 g/mol. The van der Waals surface area contributed by atoms with Crippen molar-refractivity contribution in [3.8, 4) is 0 Å². The Morgan fingerprint density at radius 2 is 0.870 bits per heavy atom. The molecule has 0 aromatic carbocycles. The van der Waals surface area contributed by atoms with E-state index in [4.69, 9.17) is 18.5 Å². The second-order valence-electron chi connectivity index (χ2n) is 14.7. The molecule has 0 saturated carbocycles. The molecule has 8 heteroatoms. The van der Waals surface area contributed by atoms with Crippen molar-refractivity contribution < 1.29 is 32.5 Å². The van der Waals surface area contributed by atoms with Gasteiger partial charge in [0.1, 0.15) is 19.3 Å². The quantitative estimate of drug-likeness (QED) is 0.0398. The van der Waals surface area contributed by atoms with Crippen LogP contribution >= 0.6 is 7.82 Å². The summed E-state index contributed by atoms with van der Waals surface area (Å²) < 4.78 is 35.6. The van der Waals surface area contributed by atoms with Gasteiger partial charge in [0.25, 0.3) is 0 Å². The fraction of sp³-hybridized carbons (Fsp3) is 1.00. The van der Waals surface area contributed by atoms with Crippen LogP contribution in [-0.4, -0.2) is 76.2 Å². The van der Waals surface area contributed by atoms with Crippen LogP contribution in [0.25, 0.3) is 0 Å². The lowest BCUT2D eigenvalue weighted by Gasteiger charge is -2.24. The minimum Gasteiger partial charge on any atom is -0.379 e. The van der Waals surface area contributed by atoms with Crippen LogP contribution in [0.15, 0.2) is 0 Å². The summed E-state index contributed by atoms with van der Waals surface area (Å²) in [4.78, 5) is 10.2. The second kappa shape index (κ2) is 33.5. The fourth-order valence-corrected chi connectivity index (χ4v) is 6.34. The van der Waals surface area contributed by atoms with Crippen LogP contribution in [0.1, 0.15) is 181 Å². The third-order valence-corrected chi connectivity index (χ3v) is 9.72. The number of likely N-dealkylation sites (N-methyl/N-ethyl adjacent to an activating group) is 1. The molecule has 2 atom stereocenters. The molecule has 1 unspecified atom stereocenters. The van der Waals surface area contributed by atoms with Crippen molar-refractivity contribution in [1.82, 2.24) is 0 Å². The van der Waals surface area contributed by atoms with E-state index < -0.39 is 7.82 Å². The summed E-state index contributed by atoms with van der Waals surface area (Å²) in [5.41, 5.74) is 0. The minimum atomic E-state index is -4.13. The van der Waals surface area contributed by atoms with Gasteiger partial charge in [0.2, 0.25) is 0 Å². The van der Waals surface area contributed by atoms with Gasteiger partial charge in [-0.15, -0.1) is 0 Å². The highest BCUT2D eigenvalue weighted by molar-refractivity contribution is 7.47. The Balaban J connectivity index is 4.10. The molecule has 0 aliphatic carbocycles. The van der Waals surface area contributed by atoms with Crippen LogP contribution in [0.3, 0.4) is 0 Å². The lowest BCUT2D eigenvalue weighted by atomic mass is 10.0. The van der Waals surface area contributed by atoms with Gasteiger partial charge in [-0.05, 0) is 12.8 Å². The molecule has 0 fully saturated rings. The van der Waals surface area contributed by atoms with Crippen LogP contribution in [0.4, 0.5) is 0 Å². The zero-order valence-electron chi connectivity index (χ0n) is 31.6. The van der Waals surface area contributed by atoms with Gasteiger partial charge in [-0.25, -0.2) is 4.57 Å². The molecular weight excluding hydrogens is 597 g/mol. The maximum absolute atomic E-state index is 12.4. The topological polar surface area (TPSA) is 74.2 Å². The molecule has 7 nitrogen and oxygen atoms in total. The van der Waals surface area contributed by atoms with Gasteiger partial charge >= 0.3 is 7.82 Å². The molecule has 0 spiro atoms. The van der Waals surface area contributed by atoms with Gasteiger partial charge in [-0.1, -0.05) is 168 Å². The monoisotopic (exact) mass is 679 g/mol. The van der Waals surface area contributed by atoms with Gasteiger partial charge in [0.15, 0.2) is 0 Å². The van der Waals surface area contributed by atoms with Gasteiger partial charge in [-0.2, -0.15) is 0 Å². The van der Waals surface area contributed by atoms with E-state index >= 15 is 0 Å². The number of hydrogen-bond acceptors (Lipinski definition) is 5. The number of hydrogen-bond donors (Lipinski definition) is 1. The number of nitrogens with zero attached hydrogens (tertiary/aromatic N) is 1. The molecule has 1 N–H and O–H groups in total. The Morgan fingerprint density at radius 1 is 0.500 bits per heavy atom. The summed E-state index contributed by atoms with van der Waals surface area (Å²) in [6.07, 6.45) is 33.9. The summed E-state index contributed by atoms with van der Waals surface area (Å²) in [6.45, 7) is 7.00. The molecule has 0 aromatic rings. The highest BCUT2D eigenvalue weighted by atomic mass is 31.2. The smallest absolute Gasteiger partial charge is 0.379 e.